The lowest BCUT2D eigenvalue weighted by Crippen LogP contribution is -2.47. The second kappa shape index (κ2) is 10.6. The van der Waals surface area contributed by atoms with Crippen molar-refractivity contribution in [3.63, 3.8) is 0 Å². The van der Waals surface area contributed by atoms with E-state index in [0.29, 0.717) is 38.3 Å². The number of anilines is 2. The number of sulfonamides is 1. The van der Waals surface area contributed by atoms with Crippen LogP contribution in [0.1, 0.15) is 60.3 Å². The molecule has 9 heteroatoms. The Kier molecular flexibility index (Phi) is 8.29. The molecule has 2 saturated heterocycles. The fourth-order valence-electron chi connectivity index (χ4n) is 4.81. The zero-order valence-electron chi connectivity index (χ0n) is 21.3. The number of amides is 2. The molecule has 8 nitrogen and oxygen atoms in total. The SMILES string of the molecule is CCN(CC)S(=O)(=O)c1ccc(N2CCCC2)c(NC(=O)C2CCCN(C(=O)C(C)(C)C)C2)c1. The van der Waals surface area contributed by atoms with Crippen molar-refractivity contribution in [2.45, 2.75) is 65.2 Å². The van der Waals surface area contributed by atoms with E-state index in [1.54, 1.807) is 17.0 Å². The Balaban J connectivity index is 1.88. The van der Waals surface area contributed by atoms with Crippen LogP contribution in [0.25, 0.3) is 0 Å². The van der Waals surface area contributed by atoms with E-state index in [0.717, 1.165) is 38.0 Å². The van der Waals surface area contributed by atoms with Gasteiger partial charge in [-0.1, -0.05) is 34.6 Å². The molecule has 1 unspecified atom stereocenters. The Labute approximate surface area is 204 Å². The minimum absolute atomic E-state index is 0.0510. The number of nitrogens with one attached hydrogen (secondary N) is 1. The van der Waals surface area contributed by atoms with Crippen LogP contribution in [0, 0.1) is 11.3 Å². The summed E-state index contributed by atoms with van der Waals surface area (Å²) in [5.41, 5.74) is 0.885. The Hall–Kier alpha value is -2.13. The molecule has 2 amide bonds. The highest BCUT2D eigenvalue weighted by molar-refractivity contribution is 7.89. The Morgan fingerprint density at radius 2 is 1.71 bits per heavy atom. The molecule has 3 rings (SSSR count). The Morgan fingerprint density at radius 1 is 1.06 bits per heavy atom. The van der Waals surface area contributed by atoms with E-state index in [2.05, 4.69) is 10.2 Å². The number of hydrogen-bond donors (Lipinski definition) is 1. The molecule has 1 N–H and O–H groups in total. The van der Waals surface area contributed by atoms with E-state index in [1.165, 1.54) is 4.31 Å². The highest BCUT2D eigenvalue weighted by Gasteiger charge is 2.34. The maximum absolute atomic E-state index is 13.3. The molecule has 0 saturated carbocycles. The molecule has 1 atom stereocenters. The second-order valence-corrected chi connectivity index (χ2v) is 12.2. The van der Waals surface area contributed by atoms with E-state index in [4.69, 9.17) is 0 Å². The van der Waals surface area contributed by atoms with Crippen LogP contribution in [0.4, 0.5) is 11.4 Å². The van der Waals surface area contributed by atoms with Crippen LogP contribution in [0.5, 0.6) is 0 Å². The predicted molar refractivity (Wildman–Crippen MR) is 135 cm³/mol. The van der Waals surface area contributed by atoms with Crippen molar-refractivity contribution in [3.8, 4) is 0 Å². The minimum Gasteiger partial charge on any atom is -0.370 e. The minimum atomic E-state index is -3.65. The number of benzene rings is 1. The van der Waals surface area contributed by atoms with Crippen molar-refractivity contribution < 1.29 is 18.0 Å². The fraction of sp³-hybridized carbons (Fsp3) is 0.680. The monoisotopic (exact) mass is 492 g/mol. The molecule has 0 bridgehead atoms. The van der Waals surface area contributed by atoms with Gasteiger partial charge in [0.2, 0.25) is 21.8 Å². The van der Waals surface area contributed by atoms with Gasteiger partial charge in [-0.05, 0) is 43.9 Å². The van der Waals surface area contributed by atoms with Gasteiger partial charge in [0.05, 0.1) is 22.2 Å². The molecule has 0 radical (unpaired) electrons. The van der Waals surface area contributed by atoms with Gasteiger partial charge in [0.25, 0.3) is 0 Å². The molecule has 190 valence electrons. The number of piperidine rings is 1. The van der Waals surface area contributed by atoms with Crippen LogP contribution in [0.15, 0.2) is 23.1 Å². The summed E-state index contributed by atoms with van der Waals surface area (Å²) in [5.74, 6) is -0.436. The lowest BCUT2D eigenvalue weighted by molar-refractivity contribution is -0.142. The first-order chi connectivity index (χ1) is 16.0. The smallest absolute Gasteiger partial charge is 0.243 e. The summed E-state index contributed by atoms with van der Waals surface area (Å²) < 4.78 is 27.7. The first kappa shape index (κ1) is 26.5. The normalized spacial score (nSPS) is 19.5. The summed E-state index contributed by atoms with van der Waals surface area (Å²) in [6.45, 7) is 12.9. The third-order valence-corrected chi connectivity index (χ3v) is 8.78. The van der Waals surface area contributed by atoms with Crippen LogP contribution in [0.3, 0.4) is 0 Å². The third-order valence-electron chi connectivity index (χ3n) is 6.74. The molecule has 0 aromatic heterocycles. The topological polar surface area (TPSA) is 90.0 Å². The van der Waals surface area contributed by atoms with Gasteiger partial charge in [0.1, 0.15) is 0 Å². The third kappa shape index (κ3) is 5.74. The number of carbonyl (C=O) groups is 2. The molecule has 2 fully saturated rings. The van der Waals surface area contributed by atoms with Crippen molar-refractivity contribution in [2.24, 2.45) is 11.3 Å². The van der Waals surface area contributed by atoms with Crippen molar-refractivity contribution >= 4 is 33.2 Å². The number of carbonyl (C=O) groups excluding carboxylic acids is 2. The molecule has 2 aliphatic heterocycles. The maximum atomic E-state index is 13.3. The van der Waals surface area contributed by atoms with Gasteiger partial charge in [0.15, 0.2) is 0 Å². The summed E-state index contributed by atoms with van der Waals surface area (Å²) in [5, 5.41) is 3.04. The molecule has 2 aliphatic rings. The molecular formula is C25H40N4O4S. The van der Waals surface area contributed by atoms with Gasteiger partial charge in [0, 0.05) is 44.7 Å². The van der Waals surface area contributed by atoms with Gasteiger partial charge < -0.3 is 15.1 Å². The molecule has 34 heavy (non-hydrogen) atoms. The Morgan fingerprint density at radius 3 is 2.29 bits per heavy atom. The van der Waals surface area contributed by atoms with Gasteiger partial charge >= 0.3 is 0 Å². The number of rotatable bonds is 7. The zero-order valence-corrected chi connectivity index (χ0v) is 22.1. The van der Waals surface area contributed by atoms with Gasteiger partial charge in [-0.15, -0.1) is 0 Å². The predicted octanol–water partition coefficient (Wildman–Crippen LogP) is 3.54. The molecule has 0 spiro atoms. The first-order valence-corrected chi connectivity index (χ1v) is 13.9. The molecular weight excluding hydrogens is 452 g/mol. The lowest BCUT2D eigenvalue weighted by atomic mass is 9.91. The van der Waals surface area contributed by atoms with E-state index >= 15 is 0 Å². The molecule has 1 aromatic carbocycles. The highest BCUT2D eigenvalue weighted by Crippen LogP contribution is 2.33. The van der Waals surface area contributed by atoms with Crippen molar-refractivity contribution in [1.82, 2.24) is 9.21 Å². The van der Waals surface area contributed by atoms with Gasteiger partial charge in [-0.3, -0.25) is 9.59 Å². The van der Waals surface area contributed by atoms with Crippen molar-refractivity contribution in [1.29, 1.82) is 0 Å². The van der Waals surface area contributed by atoms with Crippen LogP contribution in [-0.4, -0.2) is 68.7 Å². The number of likely N-dealkylation sites (tertiary alicyclic amines) is 1. The first-order valence-electron chi connectivity index (χ1n) is 12.5. The van der Waals surface area contributed by atoms with E-state index in [9.17, 15) is 18.0 Å². The average molecular weight is 493 g/mol. The van der Waals surface area contributed by atoms with E-state index in [-0.39, 0.29) is 22.6 Å². The Bertz CT molecular complexity index is 993. The molecule has 0 aliphatic carbocycles. The summed E-state index contributed by atoms with van der Waals surface area (Å²) >= 11 is 0. The fourth-order valence-corrected chi connectivity index (χ4v) is 6.29. The molecule has 2 heterocycles. The summed E-state index contributed by atoms with van der Waals surface area (Å²) in [7, 11) is -3.65. The average Bonchev–Trinajstić information content (AvgIpc) is 3.33. The maximum Gasteiger partial charge on any atom is 0.243 e. The van der Waals surface area contributed by atoms with Crippen molar-refractivity contribution in [2.75, 3.05) is 49.5 Å². The number of hydrogen-bond acceptors (Lipinski definition) is 5. The number of nitrogens with zero attached hydrogens (tertiary/aromatic N) is 3. The summed E-state index contributed by atoms with van der Waals surface area (Å²) in [6, 6.07) is 5.05. The van der Waals surface area contributed by atoms with Crippen LogP contribution in [-0.2, 0) is 19.6 Å². The zero-order chi connectivity index (χ0) is 25.1. The standard InChI is InChI=1S/C25H40N4O4S/c1-6-29(7-2)34(32,33)20-12-13-22(27-14-8-9-15-27)21(17-20)26-23(30)19-11-10-16-28(18-19)24(31)25(3,4)5/h12-13,17,19H,6-11,14-16,18H2,1-5H3,(H,26,30). The van der Waals surface area contributed by atoms with Crippen LogP contribution in [0.2, 0.25) is 0 Å². The summed E-state index contributed by atoms with van der Waals surface area (Å²) in [4.78, 5) is 30.3. The quantitative estimate of drug-likeness (QED) is 0.629. The van der Waals surface area contributed by atoms with Crippen LogP contribution < -0.4 is 10.2 Å². The highest BCUT2D eigenvalue weighted by atomic mass is 32.2. The summed E-state index contributed by atoms with van der Waals surface area (Å²) in [6.07, 6.45) is 3.62. The van der Waals surface area contributed by atoms with Crippen molar-refractivity contribution in [3.05, 3.63) is 18.2 Å². The van der Waals surface area contributed by atoms with E-state index < -0.39 is 15.4 Å². The van der Waals surface area contributed by atoms with Crippen LogP contribution >= 0.6 is 0 Å². The van der Waals surface area contributed by atoms with E-state index in [1.807, 2.05) is 40.7 Å². The van der Waals surface area contributed by atoms with Gasteiger partial charge in [-0.25, -0.2) is 8.42 Å². The van der Waals surface area contributed by atoms with Gasteiger partial charge in [-0.2, -0.15) is 4.31 Å². The largest absolute Gasteiger partial charge is 0.370 e. The lowest BCUT2D eigenvalue weighted by Gasteiger charge is -2.36. The molecule has 1 aromatic rings. The second-order valence-electron chi connectivity index (χ2n) is 10.3.